The fraction of sp³-hybridized carbons (Fsp3) is 0.333. The van der Waals surface area contributed by atoms with Crippen molar-refractivity contribution in [2.24, 2.45) is 0 Å². The lowest BCUT2D eigenvalue weighted by atomic mass is 10.2. The second-order valence-electron chi connectivity index (χ2n) is 3.62. The Kier molecular flexibility index (Phi) is 5.00. The van der Waals surface area contributed by atoms with Crippen LogP contribution >= 0.6 is 0 Å². The molecule has 0 spiro atoms. The zero-order chi connectivity index (χ0) is 12.7. The molecule has 3 N–H and O–H groups in total. The first kappa shape index (κ1) is 13.0. The number of hydrogen-bond acceptors (Lipinski definition) is 2. The van der Waals surface area contributed by atoms with Crippen LogP contribution in [0.5, 0.6) is 0 Å². The van der Waals surface area contributed by atoms with E-state index in [0.717, 1.165) is 12.8 Å². The Morgan fingerprint density at radius 3 is 2.76 bits per heavy atom. The Hall–Kier alpha value is -2.04. The summed E-state index contributed by atoms with van der Waals surface area (Å²) in [5, 5.41) is 14.1. The van der Waals surface area contributed by atoms with Crippen molar-refractivity contribution in [3.8, 4) is 0 Å². The number of carbonyl (C=O) groups is 2. The number of amides is 2. The summed E-state index contributed by atoms with van der Waals surface area (Å²) in [6, 6.07) is 5.81. The summed E-state index contributed by atoms with van der Waals surface area (Å²) in [5.74, 6) is -1.01. The maximum absolute atomic E-state index is 11.4. The van der Waals surface area contributed by atoms with Gasteiger partial charge in [0.1, 0.15) is 0 Å². The Bertz CT molecular complexity index is 404. The molecule has 0 aliphatic carbocycles. The van der Waals surface area contributed by atoms with Gasteiger partial charge in [0.25, 0.3) is 0 Å². The summed E-state index contributed by atoms with van der Waals surface area (Å²) in [6.07, 6.45) is 1.93. The molecule has 1 aromatic carbocycles. The van der Waals surface area contributed by atoms with E-state index in [0.29, 0.717) is 12.2 Å². The summed E-state index contributed by atoms with van der Waals surface area (Å²) >= 11 is 0. The lowest BCUT2D eigenvalue weighted by molar-refractivity contribution is 0.0697. The minimum absolute atomic E-state index is 0.149. The summed E-state index contributed by atoms with van der Waals surface area (Å²) < 4.78 is 0. The van der Waals surface area contributed by atoms with Crippen LogP contribution in [0.1, 0.15) is 30.1 Å². The van der Waals surface area contributed by atoms with Gasteiger partial charge in [0.2, 0.25) is 0 Å². The van der Waals surface area contributed by atoms with Gasteiger partial charge in [0, 0.05) is 12.2 Å². The molecule has 92 valence electrons. The van der Waals surface area contributed by atoms with Gasteiger partial charge in [-0.25, -0.2) is 9.59 Å². The largest absolute Gasteiger partial charge is 0.478 e. The third kappa shape index (κ3) is 4.55. The van der Waals surface area contributed by atoms with Crippen LogP contribution in [-0.4, -0.2) is 23.7 Å². The number of anilines is 1. The third-order valence-corrected chi connectivity index (χ3v) is 2.18. The van der Waals surface area contributed by atoms with Gasteiger partial charge in [-0.1, -0.05) is 19.4 Å². The lowest BCUT2D eigenvalue weighted by Crippen LogP contribution is -2.29. The molecule has 1 rings (SSSR count). The van der Waals surface area contributed by atoms with E-state index in [1.165, 1.54) is 12.1 Å². The fourth-order valence-corrected chi connectivity index (χ4v) is 1.28. The van der Waals surface area contributed by atoms with Gasteiger partial charge in [0.05, 0.1) is 5.56 Å². The Morgan fingerprint density at radius 2 is 2.12 bits per heavy atom. The van der Waals surface area contributed by atoms with E-state index >= 15 is 0 Å². The van der Waals surface area contributed by atoms with E-state index in [9.17, 15) is 9.59 Å². The van der Waals surface area contributed by atoms with Crippen molar-refractivity contribution >= 4 is 17.7 Å². The normalized spacial score (nSPS) is 9.71. The number of nitrogens with one attached hydrogen (secondary N) is 2. The highest BCUT2D eigenvalue weighted by Crippen LogP contribution is 2.10. The third-order valence-electron chi connectivity index (χ3n) is 2.18. The first-order chi connectivity index (χ1) is 8.13. The Labute approximate surface area is 99.8 Å². The maximum Gasteiger partial charge on any atom is 0.335 e. The predicted octanol–water partition coefficient (Wildman–Crippen LogP) is 2.31. The molecular formula is C12H16N2O3. The van der Waals surface area contributed by atoms with Crippen LogP contribution in [0.2, 0.25) is 0 Å². The van der Waals surface area contributed by atoms with Crippen LogP contribution in [0.15, 0.2) is 24.3 Å². The van der Waals surface area contributed by atoms with Crippen molar-refractivity contribution < 1.29 is 14.7 Å². The van der Waals surface area contributed by atoms with Crippen molar-refractivity contribution in [1.82, 2.24) is 5.32 Å². The first-order valence-electron chi connectivity index (χ1n) is 5.51. The molecule has 0 bridgehead atoms. The molecule has 17 heavy (non-hydrogen) atoms. The van der Waals surface area contributed by atoms with E-state index in [1.807, 2.05) is 6.92 Å². The van der Waals surface area contributed by atoms with Crippen molar-refractivity contribution in [3.63, 3.8) is 0 Å². The van der Waals surface area contributed by atoms with Crippen LogP contribution in [0.3, 0.4) is 0 Å². The van der Waals surface area contributed by atoms with Gasteiger partial charge in [-0.3, -0.25) is 0 Å². The fourth-order valence-electron chi connectivity index (χ4n) is 1.28. The quantitative estimate of drug-likeness (QED) is 0.686. The zero-order valence-electron chi connectivity index (χ0n) is 9.69. The lowest BCUT2D eigenvalue weighted by Gasteiger charge is -2.07. The minimum Gasteiger partial charge on any atom is -0.478 e. The summed E-state index contributed by atoms with van der Waals surface area (Å²) in [6.45, 7) is 2.65. The Morgan fingerprint density at radius 1 is 1.35 bits per heavy atom. The van der Waals surface area contributed by atoms with Crippen LogP contribution in [0.25, 0.3) is 0 Å². The minimum atomic E-state index is -1.01. The van der Waals surface area contributed by atoms with Gasteiger partial charge in [-0.2, -0.15) is 0 Å². The standard InChI is InChI=1S/C12H16N2O3/c1-2-3-7-13-12(17)14-10-6-4-5-9(8-10)11(15)16/h4-6,8H,2-3,7H2,1H3,(H,15,16)(H2,13,14,17). The van der Waals surface area contributed by atoms with E-state index in [4.69, 9.17) is 5.11 Å². The van der Waals surface area contributed by atoms with Crippen molar-refractivity contribution in [2.75, 3.05) is 11.9 Å². The van der Waals surface area contributed by atoms with Crippen LogP contribution in [0, 0.1) is 0 Å². The number of unbranched alkanes of at least 4 members (excludes halogenated alkanes) is 1. The molecule has 2 amide bonds. The average Bonchev–Trinajstić information content (AvgIpc) is 2.29. The second kappa shape index (κ2) is 6.52. The molecular weight excluding hydrogens is 220 g/mol. The number of aromatic carboxylic acids is 1. The zero-order valence-corrected chi connectivity index (χ0v) is 9.69. The van der Waals surface area contributed by atoms with Gasteiger partial charge in [-0.05, 0) is 24.6 Å². The van der Waals surface area contributed by atoms with E-state index in [2.05, 4.69) is 10.6 Å². The van der Waals surface area contributed by atoms with E-state index < -0.39 is 5.97 Å². The predicted molar refractivity (Wildman–Crippen MR) is 65.3 cm³/mol. The molecule has 0 aliphatic rings. The van der Waals surface area contributed by atoms with Gasteiger partial charge < -0.3 is 15.7 Å². The molecule has 0 radical (unpaired) electrons. The number of carboxylic acids is 1. The number of benzene rings is 1. The molecule has 0 fully saturated rings. The molecule has 0 saturated carbocycles. The molecule has 0 unspecified atom stereocenters. The van der Waals surface area contributed by atoms with Gasteiger partial charge in [0.15, 0.2) is 0 Å². The number of carboxylic acid groups (broad SMARTS) is 1. The Balaban J connectivity index is 2.53. The highest BCUT2D eigenvalue weighted by Gasteiger charge is 2.05. The molecule has 0 aliphatic heterocycles. The second-order valence-corrected chi connectivity index (χ2v) is 3.62. The smallest absolute Gasteiger partial charge is 0.335 e. The molecule has 0 aromatic heterocycles. The summed E-state index contributed by atoms with van der Waals surface area (Å²) in [5.41, 5.74) is 0.621. The van der Waals surface area contributed by atoms with Crippen LogP contribution < -0.4 is 10.6 Å². The van der Waals surface area contributed by atoms with Crippen molar-refractivity contribution in [3.05, 3.63) is 29.8 Å². The number of carbonyl (C=O) groups excluding carboxylic acids is 1. The first-order valence-corrected chi connectivity index (χ1v) is 5.51. The monoisotopic (exact) mass is 236 g/mol. The number of urea groups is 1. The molecule has 0 atom stereocenters. The average molecular weight is 236 g/mol. The number of hydrogen-bond donors (Lipinski definition) is 3. The van der Waals surface area contributed by atoms with Gasteiger partial charge in [-0.15, -0.1) is 0 Å². The van der Waals surface area contributed by atoms with Gasteiger partial charge >= 0.3 is 12.0 Å². The molecule has 1 aromatic rings. The maximum atomic E-state index is 11.4. The van der Waals surface area contributed by atoms with Crippen molar-refractivity contribution in [1.29, 1.82) is 0 Å². The molecule has 5 heteroatoms. The van der Waals surface area contributed by atoms with E-state index in [-0.39, 0.29) is 11.6 Å². The highest BCUT2D eigenvalue weighted by molar-refractivity contribution is 5.93. The molecule has 5 nitrogen and oxygen atoms in total. The molecule has 0 heterocycles. The van der Waals surface area contributed by atoms with E-state index in [1.54, 1.807) is 12.1 Å². The topological polar surface area (TPSA) is 78.4 Å². The van der Waals surface area contributed by atoms with Crippen LogP contribution in [-0.2, 0) is 0 Å². The highest BCUT2D eigenvalue weighted by atomic mass is 16.4. The molecule has 0 saturated heterocycles. The summed E-state index contributed by atoms with van der Waals surface area (Å²) in [4.78, 5) is 22.1. The summed E-state index contributed by atoms with van der Waals surface area (Å²) in [7, 11) is 0. The van der Waals surface area contributed by atoms with Crippen molar-refractivity contribution in [2.45, 2.75) is 19.8 Å². The SMILES string of the molecule is CCCCNC(=O)Nc1cccc(C(=O)O)c1. The van der Waals surface area contributed by atoms with Crippen LogP contribution in [0.4, 0.5) is 10.5 Å². The number of rotatable bonds is 5.